The summed E-state index contributed by atoms with van der Waals surface area (Å²) in [4.78, 5) is 14.3. The van der Waals surface area contributed by atoms with Crippen LogP contribution in [0.2, 0.25) is 0 Å². The fraction of sp³-hybridized carbons (Fsp3) is 0.500. The Hall–Kier alpha value is -1.35. The highest BCUT2D eigenvalue weighted by molar-refractivity contribution is 5.95. The summed E-state index contributed by atoms with van der Waals surface area (Å²) in [7, 11) is 0. The molecule has 0 radical (unpaired) electrons. The van der Waals surface area contributed by atoms with Crippen LogP contribution in [0.25, 0.3) is 0 Å². The number of ether oxygens (including phenoxy) is 1. The van der Waals surface area contributed by atoms with Crippen molar-refractivity contribution in [3.05, 3.63) is 35.4 Å². The van der Waals surface area contributed by atoms with Gasteiger partial charge in [-0.05, 0) is 32.9 Å². The van der Waals surface area contributed by atoms with E-state index in [1.807, 2.05) is 49.9 Å². The van der Waals surface area contributed by atoms with Gasteiger partial charge in [-0.15, -0.1) is 0 Å². The second-order valence-electron chi connectivity index (χ2n) is 5.19. The predicted octanol–water partition coefficient (Wildman–Crippen LogP) is 2.25. The van der Waals surface area contributed by atoms with Gasteiger partial charge in [0, 0.05) is 12.1 Å². The highest BCUT2D eigenvalue weighted by Crippen LogP contribution is 2.21. The van der Waals surface area contributed by atoms with Gasteiger partial charge >= 0.3 is 0 Å². The average molecular weight is 233 g/mol. The molecule has 1 heterocycles. The lowest BCUT2D eigenvalue weighted by atomic mass is 10.0. The molecule has 0 saturated carbocycles. The van der Waals surface area contributed by atoms with Crippen LogP contribution in [0.3, 0.4) is 0 Å². The second kappa shape index (κ2) is 4.49. The van der Waals surface area contributed by atoms with Crippen molar-refractivity contribution in [2.45, 2.75) is 26.3 Å². The summed E-state index contributed by atoms with van der Waals surface area (Å²) in [6.45, 7) is 7.98. The van der Waals surface area contributed by atoms with Gasteiger partial charge in [0.25, 0.3) is 5.91 Å². The molecule has 0 aromatic heterocycles. The summed E-state index contributed by atoms with van der Waals surface area (Å²) in [5.41, 5.74) is 1.65. The SMILES string of the molecule is Cc1cccc(C(=O)N2CCOCC2(C)C)c1. The zero-order valence-corrected chi connectivity index (χ0v) is 10.7. The van der Waals surface area contributed by atoms with Crippen LogP contribution in [0.4, 0.5) is 0 Å². The van der Waals surface area contributed by atoms with Crippen LogP contribution >= 0.6 is 0 Å². The third kappa shape index (κ3) is 2.50. The number of rotatable bonds is 1. The first kappa shape index (κ1) is 12.1. The van der Waals surface area contributed by atoms with Gasteiger partial charge < -0.3 is 9.64 Å². The molecule has 3 nitrogen and oxygen atoms in total. The molecule has 17 heavy (non-hydrogen) atoms. The van der Waals surface area contributed by atoms with E-state index in [1.165, 1.54) is 0 Å². The maximum Gasteiger partial charge on any atom is 0.254 e. The molecule has 0 N–H and O–H groups in total. The molecule has 1 aromatic carbocycles. The third-order valence-electron chi connectivity index (χ3n) is 3.16. The maximum atomic E-state index is 12.4. The van der Waals surface area contributed by atoms with Gasteiger partial charge in [-0.25, -0.2) is 0 Å². The Morgan fingerprint density at radius 2 is 2.18 bits per heavy atom. The summed E-state index contributed by atoms with van der Waals surface area (Å²) in [5.74, 6) is 0.0991. The number of benzene rings is 1. The normalized spacial score (nSPS) is 19.1. The average Bonchev–Trinajstić information content (AvgIpc) is 2.27. The molecular formula is C14H19NO2. The van der Waals surface area contributed by atoms with Gasteiger partial charge in [0.2, 0.25) is 0 Å². The number of hydrogen-bond acceptors (Lipinski definition) is 2. The van der Waals surface area contributed by atoms with Crippen LogP contribution in [-0.4, -0.2) is 36.1 Å². The molecular weight excluding hydrogens is 214 g/mol. The number of nitrogens with zero attached hydrogens (tertiary/aromatic N) is 1. The lowest BCUT2D eigenvalue weighted by Gasteiger charge is -2.42. The molecule has 2 rings (SSSR count). The van der Waals surface area contributed by atoms with Crippen LogP contribution in [0.15, 0.2) is 24.3 Å². The van der Waals surface area contributed by atoms with Crippen molar-refractivity contribution in [3.63, 3.8) is 0 Å². The summed E-state index contributed by atoms with van der Waals surface area (Å²) in [6.07, 6.45) is 0. The topological polar surface area (TPSA) is 29.5 Å². The fourth-order valence-corrected chi connectivity index (χ4v) is 2.17. The van der Waals surface area contributed by atoms with Crippen molar-refractivity contribution in [3.8, 4) is 0 Å². The largest absolute Gasteiger partial charge is 0.377 e. The Balaban J connectivity index is 2.25. The van der Waals surface area contributed by atoms with Gasteiger partial charge in [-0.2, -0.15) is 0 Å². The minimum atomic E-state index is -0.223. The molecule has 92 valence electrons. The molecule has 0 aliphatic carbocycles. The summed E-state index contributed by atoms with van der Waals surface area (Å²) in [5, 5.41) is 0. The Morgan fingerprint density at radius 3 is 2.82 bits per heavy atom. The zero-order valence-electron chi connectivity index (χ0n) is 10.7. The first-order chi connectivity index (χ1) is 8.00. The van der Waals surface area contributed by atoms with E-state index < -0.39 is 0 Å². The lowest BCUT2D eigenvalue weighted by Crippen LogP contribution is -2.55. The van der Waals surface area contributed by atoms with Crippen molar-refractivity contribution in [1.29, 1.82) is 0 Å². The zero-order chi connectivity index (χ0) is 12.5. The quantitative estimate of drug-likeness (QED) is 0.744. The number of amides is 1. The summed E-state index contributed by atoms with van der Waals surface area (Å²) in [6, 6.07) is 7.74. The molecule has 0 spiro atoms. The number of carbonyl (C=O) groups is 1. The van der Waals surface area contributed by atoms with Crippen LogP contribution in [0, 0.1) is 6.92 Å². The minimum absolute atomic E-state index is 0.0991. The number of morpholine rings is 1. The monoisotopic (exact) mass is 233 g/mol. The molecule has 0 unspecified atom stereocenters. The van der Waals surface area contributed by atoms with Gasteiger partial charge in [0.05, 0.1) is 18.8 Å². The van der Waals surface area contributed by atoms with Crippen molar-refractivity contribution >= 4 is 5.91 Å². The van der Waals surface area contributed by atoms with Gasteiger partial charge in [-0.1, -0.05) is 17.7 Å². The van der Waals surface area contributed by atoms with Crippen LogP contribution < -0.4 is 0 Å². The molecule has 1 aromatic rings. The van der Waals surface area contributed by atoms with E-state index in [2.05, 4.69) is 0 Å². The molecule has 1 aliphatic heterocycles. The van der Waals surface area contributed by atoms with E-state index in [-0.39, 0.29) is 11.4 Å². The van der Waals surface area contributed by atoms with Crippen LogP contribution in [0.1, 0.15) is 29.8 Å². The fourth-order valence-electron chi connectivity index (χ4n) is 2.17. The second-order valence-corrected chi connectivity index (χ2v) is 5.19. The molecule has 1 aliphatic rings. The minimum Gasteiger partial charge on any atom is -0.377 e. The molecule has 3 heteroatoms. The van der Waals surface area contributed by atoms with Crippen LogP contribution in [-0.2, 0) is 4.74 Å². The van der Waals surface area contributed by atoms with Crippen LogP contribution in [0.5, 0.6) is 0 Å². The molecule has 1 amide bonds. The van der Waals surface area contributed by atoms with Crippen molar-refractivity contribution in [2.24, 2.45) is 0 Å². The number of aryl methyl sites for hydroxylation is 1. The third-order valence-corrected chi connectivity index (χ3v) is 3.16. The highest BCUT2D eigenvalue weighted by Gasteiger charge is 2.34. The Morgan fingerprint density at radius 1 is 1.41 bits per heavy atom. The smallest absolute Gasteiger partial charge is 0.254 e. The van der Waals surface area contributed by atoms with E-state index in [1.54, 1.807) is 0 Å². The predicted molar refractivity (Wildman–Crippen MR) is 67.1 cm³/mol. The lowest BCUT2D eigenvalue weighted by molar-refractivity contribution is -0.0370. The van der Waals surface area contributed by atoms with Gasteiger partial charge in [-0.3, -0.25) is 4.79 Å². The first-order valence-electron chi connectivity index (χ1n) is 5.97. The molecule has 1 fully saturated rings. The van der Waals surface area contributed by atoms with Crippen molar-refractivity contribution in [2.75, 3.05) is 19.8 Å². The van der Waals surface area contributed by atoms with E-state index in [9.17, 15) is 4.79 Å². The van der Waals surface area contributed by atoms with E-state index >= 15 is 0 Å². The first-order valence-corrected chi connectivity index (χ1v) is 5.97. The molecule has 0 bridgehead atoms. The summed E-state index contributed by atoms with van der Waals surface area (Å²) < 4.78 is 5.43. The highest BCUT2D eigenvalue weighted by atomic mass is 16.5. The Labute approximate surface area is 102 Å². The maximum absolute atomic E-state index is 12.4. The van der Waals surface area contributed by atoms with E-state index in [4.69, 9.17) is 4.74 Å². The number of carbonyl (C=O) groups excluding carboxylic acids is 1. The van der Waals surface area contributed by atoms with Gasteiger partial charge in [0.15, 0.2) is 0 Å². The number of hydrogen-bond donors (Lipinski definition) is 0. The standard InChI is InChI=1S/C14H19NO2/c1-11-5-4-6-12(9-11)13(16)15-7-8-17-10-14(15,2)3/h4-6,9H,7-8,10H2,1-3H3. The van der Waals surface area contributed by atoms with Crippen molar-refractivity contribution in [1.82, 2.24) is 4.90 Å². The molecule has 0 atom stereocenters. The Bertz CT molecular complexity index is 426. The molecule has 1 saturated heterocycles. The van der Waals surface area contributed by atoms with Crippen molar-refractivity contribution < 1.29 is 9.53 Å². The van der Waals surface area contributed by atoms with E-state index in [0.717, 1.165) is 11.1 Å². The Kier molecular flexibility index (Phi) is 3.20. The van der Waals surface area contributed by atoms with Gasteiger partial charge in [0.1, 0.15) is 0 Å². The summed E-state index contributed by atoms with van der Waals surface area (Å²) >= 11 is 0. The van der Waals surface area contributed by atoms with E-state index in [0.29, 0.717) is 19.8 Å².